The molecule has 1 unspecified atom stereocenters. The van der Waals surface area contributed by atoms with Crippen molar-refractivity contribution in [3.8, 4) is 0 Å². The molecule has 1 aromatic carbocycles. The van der Waals surface area contributed by atoms with Gasteiger partial charge in [-0.15, -0.1) is 0 Å². The second-order valence-corrected chi connectivity index (χ2v) is 7.92. The van der Waals surface area contributed by atoms with Gasteiger partial charge in [-0.25, -0.2) is 4.79 Å². The summed E-state index contributed by atoms with van der Waals surface area (Å²) in [5.74, 6) is -0.545. The number of hydrogen-bond donors (Lipinski definition) is 1. The lowest BCUT2D eigenvalue weighted by Crippen LogP contribution is -2.51. The van der Waals surface area contributed by atoms with Crippen LogP contribution < -0.4 is 0 Å². The van der Waals surface area contributed by atoms with Crippen LogP contribution in [0.3, 0.4) is 0 Å². The summed E-state index contributed by atoms with van der Waals surface area (Å²) in [6.07, 6.45) is 0. The predicted octanol–water partition coefficient (Wildman–Crippen LogP) is 3.16. The van der Waals surface area contributed by atoms with Gasteiger partial charge in [0.1, 0.15) is 11.7 Å². The number of methoxy groups -OCH3 is 1. The molecular formula is C22H26ClN3O4. The van der Waals surface area contributed by atoms with Gasteiger partial charge < -0.3 is 14.6 Å². The van der Waals surface area contributed by atoms with E-state index in [0.717, 1.165) is 5.56 Å². The number of hydrogen-bond acceptors (Lipinski definition) is 5. The van der Waals surface area contributed by atoms with Crippen LogP contribution in [0.5, 0.6) is 0 Å². The number of carbonyl (C=O) groups is 3. The number of aromatic nitrogens is 1. The molecule has 1 saturated heterocycles. The third-order valence-electron chi connectivity index (χ3n) is 5.58. The summed E-state index contributed by atoms with van der Waals surface area (Å²) in [7, 11) is 1.37. The van der Waals surface area contributed by atoms with E-state index in [2.05, 4.69) is 4.98 Å². The van der Waals surface area contributed by atoms with Crippen molar-refractivity contribution in [1.82, 2.24) is 14.8 Å². The van der Waals surface area contributed by atoms with E-state index < -0.39 is 6.04 Å². The number of aromatic amines is 1. The standard InChI is InChI=1S/C22H26ClN3O4/c1-13-18(15(3)27)14(2)24-19(13)21(28)26-11-9-25(10-12-26)20(22(29)30-4)16-5-7-17(23)8-6-16/h5-8,20,24H,9-12H2,1-4H3. The molecule has 0 radical (unpaired) electrons. The number of piperazine rings is 1. The second-order valence-electron chi connectivity index (χ2n) is 7.49. The number of ether oxygens (including phenoxy) is 1. The minimum absolute atomic E-state index is 0.0611. The van der Waals surface area contributed by atoms with E-state index in [1.807, 2.05) is 17.0 Å². The second kappa shape index (κ2) is 9.02. The number of amides is 1. The van der Waals surface area contributed by atoms with Gasteiger partial charge >= 0.3 is 5.97 Å². The number of halogens is 1. The Morgan fingerprint density at radius 2 is 1.67 bits per heavy atom. The number of rotatable bonds is 5. The van der Waals surface area contributed by atoms with Crippen LogP contribution >= 0.6 is 11.6 Å². The first-order chi connectivity index (χ1) is 14.2. The molecule has 7 nitrogen and oxygen atoms in total. The molecule has 1 aliphatic rings. The molecule has 0 bridgehead atoms. The van der Waals surface area contributed by atoms with Gasteiger partial charge in [-0.05, 0) is 44.0 Å². The highest BCUT2D eigenvalue weighted by molar-refractivity contribution is 6.30. The van der Waals surface area contributed by atoms with Gasteiger partial charge in [-0.2, -0.15) is 0 Å². The Morgan fingerprint density at radius 3 is 2.17 bits per heavy atom. The highest BCUT2D eigenvalue weighted by Gasteiger charge is 2.33. The zero-order valence-corrected chi connectivity index (χ0v) is 18.4. The molecule has 160 valence electrons. The third kappa shape index (κ3) is 4.27. The van der Waals surface area contributed by atoms with Crippen molar-refractivity contribution < 1.29 is 19.1 Å². The third-order valence-corrected chi connectivity index (χ3v) is 5.83. The number of nitrogens with zero attached hydrogens (tertiary/aromatic N) is 2. The van der Waals surface area contributed by atoms with E-state index in [-0.39, 0.29) is 17.7 Å². The van der Waals surface area contributed by atoms with E-state index in [1.165, 1.54) is 14.0 Å². The molecule has 2 heterocycles. The Morgan fingerprint density at radius 1 is 1.07 bits per heavy atom. The fourth-order valence-corrected chi connectivity index (χ4v) is 4.21. The van der Waals surface area contributed by atoms with Crippen molar-refractivity contribution >= 4 is 29.3 Å². The van der Waals surface area contributed by atoms with Crippen LogP contribution in [0, 0.1) is 13.8 Å². The lowest BCUT2D eigenvalue weighted by Gasteiger charge is -2.38. The van der Waals surface area contributed by atoms with Gasteiger partial charge in [0.15, 0.2) is 5.78 Å². The van der Waals surface area contributed by atoms with Crippen molar-refractivity contribution in [3.63, 3.8) is 0 Å². The van der Waals surface area contributed by atoms with Crippen molar-refractivity contribution in [2.75, 3.05) is 33.3 Å². The molecule has 2 aromatic rings. The first kappa shape index (κ1) is 22.1. The van der Waals surface area contributed by atoms with Crippen LogP contribution in [-0.4, -0.2) is 65.7 Å². The summed E-state index contributed by atoms with van der Waals surface area (Å²) >= 11 is 5.97. The van der Waals surface area contributed by atoms with Crippen LogP contribution in [0.2, 0.25) is 5.02 Å². The van der Waals surface area contributed by atoms with Crippen molar-refractivity contribution in [2.45, 2.75) is 26.8 Å². The van der Waals surface area contributed by atoms with Crippen molar-refractivity contribution in [3.05, 3.63) is 57.4 Å². The average Bonchev–Trinajstić information content (AvgIpc) is 3.03. The number of carbonyl (C=O) groups excluding carboxylic acids is 3. The van der Waals surface area contributed by atoms with E-state index in [0.29, 0.717) is 53.7 Å². The van der Waals surface area contributed by atoms with E-state index in [1.54, 1.807) is 30.9 Å². The van der Waals surface area contributed by atoms with Crippen molar-refractivity contribution in [2.24, 2.45) is 0 Å². The number of nitrogens with one attached hydrogen (secondary N) is 1. The summed E-state index contributed by atoms with van der Waals surface area (Å²) in [6.45, 7) is 7.06. The molecule has 1 atom stereocenters. The molecule has 0 spiro atoms. The van der Waals surface area contributed by atoms with Crippen molar-refractivity contribution in [1.29, 1.82) is 0 Å². The topological polar surface area (TPSA) is 82.7 Å². The molecule has 1 aromatic heterocycles. The molecule has 1 N–H and O–H groups in total. The SMILES string of the molecule is COC(=O)C(c1ccc(Cl)cc1)N1CCN(C(=O)c2[nH]c(C)c(C(C)=O)c2C)CC1. The molecule has 1 fully saturated rings. The maximum atomic E-state index is 13.0. The fourth-order valence-electron chi connectivity index (χ4n) is 4.09. The number of benzene rings is 1. The fraction of sp³-hybridized carbons (Fsp3) is 0.409. The van der Waals surface area contributed by atoms with Crippen LogP contribution in [0.15, 0.2) is 24.3 Å². The number of Topliss-reactive ketones (excluding diaryl/α,β-unsaturated/α-hetero) is 1. The number of H-pyrrole nitrogens is 1. The van der Waals surface area contributed by atoms with Crippen LogP contribution in [0.1, 0.15) is 50.6 Å². The largest absolute Gasteiger partial charge is 0.468 e. The van der Waals surface area contributed by atoms with Crippen LogP contribution in [0.4, 0.5) is 0 Å². The van der Waals surface area contributed by atoms with Gasteiger partial charge in [0, 0.05) is 42.5 Å². The summed E-state index contributed by atoms with van der Waals surface area (Å²) in [6, 6.07) is 6.57. The first-order valence-electron chi connectivity index (χ1n) is 9.81. The number of aryl methyl sites for hydroxylation is 1. The Bertz CT molecular complexity index is 960. The number of ketones is 1. The quantitative estimate of drug-likeness (QED) is 0.580. The minimum atomic E-state index is -0.552. The molecule has 1 aliphatic heterocycles. The maximum Gasteiger partial charge on any atom is 0.327 e. The molecule has 0 aliphatic carbocycles. The van der Waals surface area contributed by atoms with E-state index in [4.69, 9.17) is 16.3 Å². The first-order valence-corrected chi connectivity index (χ1v) is 10.2. The lowest BCUT2D eigenvalue weighted by atomic mass is 10.0. The van der Waals surface area contributed by atoms with Gasteiger partial charge in [0.05, 0.1) is 7.11 Å². The van der Waals surface area contributed by atoms with Crippen LogP contribution in [-0.2, 0) is 9.53 Å². The molecule has 30 heavy (non-hydrogen) atoms. The average molecular weight is 432 g/mol. The zero-order valence-electron chi connectivity index (χ0n) is 17.6. The van der Waals surface area contributed by atoms with Gasteiger partial charge in [0.25, 0.3) is 5.91 Å². The minimum Gasteiger partial charge on any atom is -0.468 e. The Labute approximate surface area is 180 Å². The molecule has 3 rings (SSSR count). The summed E-state index contributed by atoms with van der Waals surface area (Å²) < 4.78 is 5.02. The lowest BCUT2D eigenvalue weighted by molar-refractivity contribution is -0.148. The molecular weight excluding hydrogens is 406 g/mol. The van der Waals surface area contributed by atoms with E-state index in [9.17, 15) is 14.4 Å². The Balaban J connectivity index is 1.75. The monoisotopic (exact) mass is 431 g/mol. The summed E-state index contributed by atoms with van der Waals surface area (Å²) in [5, 5.41) is 0.597. The van der Waals surface area contributed by atoms with Gasteiger partial charge in [-0.3, -0.25) is 14.5 Å². The smallest absolute Gasteiger partial charge is 0.327 e. The molecule has 8 heteroatoms. The summed E-state index contributed by atoms with van der Waals surface area (Å²) in [4.78, 5) is 44.2. The normalized spacial score (nSPS) is 15.7. The van der Waals surface area contributed by atoms with Gasteiger partial charge in [0.2, 0.25) is 0 Å². The molecule has 1 amide bonds. The molecule has 0 saturated carbocycles. The Hall–Kier alpha value is -2.64. The zero-order chi connectivity index (χ0) is 22.0. The highest BCUT2D eigenvalue weighted by atomic mass is 35.5. The van der Waals surface area contributed by atoms with Gasteiger partial charge in [-0.1, -0.05) is 23.7 Å². The highest BCUT2D eigenvalue weighted by Crippen LogP contribution is 2.26. The Kier molecular flexibility index (Phi) is 6.63. The van der Waals surface area contributed by atoms with Crippen LogP contribution in [0.25, 0.3) is 0 Å². The van der Waals surface area contributed by atoms with E-state index >= 15 is 0 Å². The summed E-state index contributed by atoms with van der Waals surface area (Å²) in [5.41, 5.74) is 3.21. The number of esters is 1. The predicted molar refractivity (Wildman–Crippen MR) is 114 cm³/mol. The maximum absolute atomic E-state index is 13.0.